The third-order valence-electron chi connectivity index (χ3n) is 3.53. The van der Waals surface area contributed by atoms with Crippen molar-refractivity contribution in [1.82, 2.24) is 10.6 Å². The molecule has 1 aromatic carbocycles. The van der Waals surface area contributed by atoms with Crippen molar-refractivity contribution >= 4 is 18.0 Å². The molecule has 8 heteroatoms. The molecule has 27 heavy (non-hydrogen) atoms. The molecule has 0 aromatic heterocycles. The Morgan fingerprint density at radius 1 is 1.04 bits per heavy atom. The minimum atomic E-state index is -0.890. The predicted molar refractivity (Wildman–Crippen MR) is 99.5 cm³/mol. The number of amides is 2. The summed E-state index contributed by atoms with van der Waals surface area (Å²) in [6.45, 7) is 6.67. The molecule has 2 N–H and O–H groups in total. The molecular weight excluding hydrogens is 352 g/mol. The van der Waals surface area contributed by atoms with E-state index in [9.17, 15) is 14.4 Å². The molecular formula is C19H28N2O6. The topological polar surface area (TPSA) is 103 Å². The maximum Gasteiger partial charge on any atom is 0.408 e. The summed E-state index contributed by atoms with van der Waals surface area (Å²) in [5, 5.41) is 5.03. The van der Waals surface area contributed by atoms with Gasteiger partial charge in [-0.2, -0.15) is 0 Å². The molecule has 0 aliphatic heterocycles. The number of carbonyl (C=O) groups excluding carboxylic acids is 3. The van der Waals surface area contributed by atoms with Crippen molar-refractivity contribution in [2.45, 2.75) is 51.8 Å². The van der Waals surface area contributed by atoms with Gasteiger partial charge in [-0.15, -0.1) is 0 Å². The highest BCUT2D eigenvalue weighted by Crippen LogP contribution is 2.13. The van der Waals surface area contributed by atoms with Gasteiger partial charge in [-0.05, 0) is 45.4 Å². The molecule has 0 unspecified atom stereocenters. The predicted octanol–water partition coefficient (Wildman–Crippen LogP) is 1.81. The average Bonchev–Trinajstić information content (AvgIpc) is 2.59. The Morgan fingerprint density at radius 2 is 1.63 bits per heavy atom. The fraction of sp³-hybridized carbons (Fsp3) is 0.526. The third-order valence-corrected chi connectivity index (χ3v) is 3.53. The highest BCUT2D eigenvalue weighted by atomic mass is 16.6. The summed E-state index contributed by atoms with van der Waals surface area (Å²) < 4.78 is 15.0. The summed E-state index contributed by atoms with van der Waals surface area (Å²) >= 11 is 0. The van der Waals surface area contributed by atoms with E-state index in [1.165, 1.54) is 14.0 Å². The van der Waals surface area contributed by atoms with Gasteiger partial charge in [0.1, 0.15) is 23.4 Å². The zero-order valence-corrected chi connectivity index (χ0v) is 16.6. The molecule has 1 aromatic rings. The first-order valence-corrected chi connectivity index (χ1v) is 8.56. The lowest BCUT2D eigenvalue weighted by Gasteiger charge is -2.23. The molecule has 0 bridgehead atoms. The maximum atomic E-state index is 12.4. The zero-order valence-electron chi connectivity index (χ0n) is 16.6. The van der Waals surface area contributed by atoms with E-state index in [0.717, 1.165) is 5.56 Å². The van der Waals surface area contributed by atoms with Gasteiger partial charge >= 0.3 is 12.1 Å². The molecule has 0 saturated heterocycles. The summed E-state index contributed by atoms with van der Waals surface area (Å²) in [6.07, 6.45) is -0.475. The van der Waals surface area contributed by atoms with Gasteiger partial charge in [0.25, 0.3) is 0 Å². The largest absolute Gasteiger partial charge is 0.497 e. The molecule has 0 spiro atoms. The van der Waals surface area contributed by atoms with E-state index < -0.39 is 35.7 Å². The first kappa shape index (κ1) is 22.3. The van der Waals surface area contributed by atoms with Crippen molar-refractivity contribution in [3.8, 4) is 5.75 Å². The Bertz CT molecular complexity index is 651. The van der Waals surface area contributed by atoms with E-state index in [1.807, 2.05) is 0 Å². The molecule has 2 atom stereocenters. The number of benzene rings is 1. The number of rotatable bonds is 7. The van der Waals surface area contributed by atoms with E-state index in [1.54, 1.807) is 52.1 Å². The summed E-state index contributed by atoms with van der Waals surface area (Å²) in [5.41, 5.74) is 0.141. The van der Waals surface area contributed by atoms with Crippen molar-refractivity contribution in [1.29, 1.82) is 0 Å². The summed E-state index contributed by atoms with van der Waals surface area (Å²) in [7, 11) is 2.81. The molecule has 0 aliphatic carbocycles. The van der Waals surface area contributed by atoms with Crippen LogP contribution in [-0.4, -0.2) is 49.9 Å². The summed E-state index contributed by atoms with van der Waals surface area (Å²) in [4.78, 5) is 36.2. The Kier molecular flexibility index (Phi) is 8.08. The molecule has 8 nitrogen and oxygen atoms in total. The van der Waals surface area contributed by atoms with Crippen molar-refractivity contribution in [2.24, 2.45) is 0 Å². The molecule has 0 aliphatic rings. The van der Waals surface area contributed by atoms with Gasteiger partial charge in [0, 0.05) is 6.42 Å². The number of esters is 1. The number of nitrogens with one attached hydrogen (secondary N) is 2. The molecule has 0 radical (unpaired) electrons. The Labute approximate surface area is 159 Å². The van der Waals surface area contributed by atoms with E-state index in [2.05, 4.69) is 10.6 Å². The van der Waals surface area contributed by atoms with Crippen LogP contribution in [-0.2, 0) is 25.5 Å². The summed E-state index contributed by atoms with van der Waals surface area (Å²) in [6, 6.07) is 5.34. The average molecular weight is 380 g/mol. The number of methoxy groups -OCH3 is 2. The minimum Gasteiger partial charge on any atom is -0.497 e. The van der Waals surface area contributed by atoms with E-state index >= 15 is 0 Å². The number of hydrogen-bond acceptors (Lipinski definition) is 6. The monoisotopic (exact) mass is 380 g/mol. The van der Waals surface area contributed by atoms with E-state index in [0.29, 0.717) is 5.75 Å². The second-order valence-electron chi connectivity index (χ2n) is 7.00. The van der Waals surface area contributed by atoms with Crippen LogP contribution in [0.2, 0.25) is 0 Å². The highest BCUT2D eigenvalue weighted by Gasteiger charge is 2.26. The first-order valence-electron chi connectivity index (χ1n) is 8.56. The molecule has 0 saturated carbocycles. The lowest BCUT2D eigenvalue weighted by atomic mass is 10.1. The van der Waals surface area contributed by atoms with Crippen molar-refractivity contribution in [3.05, 3.63) is 29.8 Å². The number of carbonyl (C=O) groups is 3. The van der Waals surface area contributed by atoms with Gasteiger partial charge in [0.05, 0.1) is 14.2 Å². The van der Waals surface area contributed by atoms with Crippen LogP contribution in [0.5, 0.6) is 5.75 Å². The molecule has 0 fully saturated rings. The SMILES string of the molecule is COC(=O)[C@H](Cc1ccc(OC)cc1)NC(=O)[C@H](C)NC(=O)OC(C)(C)C. The molecule has 0 heterocycles. The normalized spacial score (nSPS) is 13.1. The second kappa shape index (κ2) is 9.80. The minimum absolute atomic E-state index is 0.238. The van der Waals surface area contributed by atoms with Crippen LogP contribution in [0.3, 0.4) is 0 Å². The smallest absolute Gasteiger partial charge is 0.408 e. The van der Waals surface area contributed by atoms with Crippen LogP contribution >= 0.6 is 0 Å². The number of hydrogen-bond donors (Lipinski definition) is 2. The number of alkyl carbamates (subject to hydrolysis) is 1. The Morgan fingerprint density at radius 3 is 2.11 bits per heavy atom. The van der Waals surface area contributed by atoms with Crippen LogP contribution < -0.4 is 15.4 Å². The van der Waals surface area contributed by atoms with Gasteiger partial charge in [0.2, 0.25) is 5.91 Å². The molecule has 1 rings (SSSR count). The van der Waals surface area contributed by atoms with Crippen LogP contribution in [0, 0.1) is 0 Å². The first-order chi connectivity index (χ1) is 12.6. The Balaban J connectivity index is 2.73. The number of ether oxygens (including phenoxy) is 3. The fourth-order valence-corrected chi connectivity index (χ4v) is 2.18. The highest BCUT2D eigenvalue weighted by molar-refractivity contribution is 5.89. The fourth-order valence-electron chi connectivity index (χ4n) is 2.18. The van der Waals surface area contributed by atoms with Gasteiger partial charge in [-0.25, -0.2) is 9.59 Å². The van der Waals surface area contributed by atoms with Crippen LogP contribution in [0.15, 0.2) is 24.3 Å². The molecule has 150 valence electrons. The maximum absolute atomic E-state index is 12.4. The van der Waals surface area contributed by atoms with Gasteiger partial charge < -0.3 is 24.8 Å². The van der Waals surface area contributed by atoms with E-state index in [-0.39, 0.29) is 6.42 Å². The van der Waals surface area contributed by atoms with E-state index in [4.69, 9.17) is 14.2 Å². The zero-order chi connectivity index (χ0) is 20.6. The van der Waals surface area contributed by atoms with Gasteiger partial charge in [-0.3, -0.25) is 4.79 Å². The molecule has 2 amide bonds. The lowest BCUT2D eigenvalue weighted by molar-refractivity contribution is -0.145. The lowest BCUT2D eigenvalue weighted by Crippen LogP contribution is -2.51. The van der Waals surface area contributed by atoms with Crippen molar-refractivity contribution in [2.75, 3.05) is 14.2 Å². The second-order valence-corrected chi connectivity index (χ2v) is 7.00. The van der Waals surface area contributed by atoms with Crippen molar-refractivity contribution < 1.29 is 28.6 Å². The summed E-state index contributed by atoms with van der Waals surface area (Å²) in [5.74, 6) is -0.416. The van der Waals surface area contributed by atoms with Crippen LogP contribution in [0.1, 0.15) is 33.3 Å². The van der Waals surface area contributed by atoms with Crippen molar-refractivity contribution in [3.63, 3.8) is 0 Å². The van der Waals surface area contributed by atoms with Crippen LogP contribution in [0.4, 0.5) is 4.79 Å². The third kappa shape index (κ3) is 7.98. The van der Waals surface area contributed by atoms with Gasteiger partial charge in [0.15, 0.2) is 0 Å². The van der Waals surface area contributed by atoms with Crippen LogP contribution in [0.25, 0.3) is 0 Å². The quantitative estimate of drug-likeness (QED) is 0.700. The Hall–Kier alpha value is -2.77. The standard InChI is InChI=1S/C19H28N2O6/c1-12(20-18(24)27-19(2,3)4)16(22)21-15(17(23)26-6)11-13-7-9-14(25-5)10-8-13/h7-10,12,15H,11H2,1-6H3,(H,20,24)(H,21,22)/t12-,15-/m0/s1. The van der Waals surface area contributed by atoms with Gasteiger partial charge in [-0.1, -0.05) is 12.1 Å².